The van der Waals surface area contributed by atoms with Crippen molar-refractivity contribution in [2.75, 3.05) is 0 Å². The summed E-state index contributed by atoms with van der Waals surface area (Å²) in [5.74, 6) is -0.634. The summed E-state index contributed by atoms with van der Waals surface area (Å²) in [6.45, 7) is 3.86. The van der Waals surface area contributed by atoms with Crippen LogP contribution in [0.2, 0.25) is 0 Å². The Bertz CT molecular complexity index is 516. The lowest BCUT2D eigenvalue weighted by molar-refractivity contribution is -0.394. The Labute approximate surface area is 116 Å². The molecule has 0 radical (unpaired) electrons. The van der Waals surface area contributed by atoms with Crippen LogP contribution in [0.1, 0.15) is 51.0 Å². The van der Waals surface area contributed by atoms with E-state index >= 15 is 0 Å². The third kappa shape index (κ3) is 3.66. The van der Waals surface area contributed by atoms with Gasteiger partial charge in [0.25, 0.3) is 5.69 Å². The predicted octanol–water partition coefficient (Wildman–Crippen LogP) is 3.89. The number of benzene rings is 1. The first-order chi connectivity index (χ1) is 9.38. The zero-order valence-electron chi connectivity index (χ0n) is 11.5. The molecule has 0 bridgehead atoms. The molecule has 1 aromatic carbocycles. The van der Waals surface area contributed by atoms with Gasteiger partial charge in [0, 0.05) is 11.6 Å². The predicted molar refractivity (Wildman–Crippen MR) is 74.0 cm³/mol. The zero-order valence-corrected chi connectivity index (χ0v) is 11.5. The maximum Gasteiger partial charge on any atom is 0.317 e. The van der Waals surface area contributed by atoms with Gasteiger partial charge in [0.15, 0.2) is 5.75 Å². The molecule has 7 nitrogen and oxygen atoms in total. The van der Waals surface area contributed by atoms with Crippen molar-refractivity contribution in [1.29, 1.82) is 0 Å². The lowest BCUT2D eigenvalue weighted by atomic mass is 9.93. The minimum Gasteiger partial charge on any atom is -0.502 e. The molecule has 0 amide bonds. The van der Waals surface area contributed by atoms with Gasteiger partial charge in [0.2, 0.25) is 0 Å². The van der Waals surface area contributed by atoms with Gasteiger partial charge in [-0.2, -0.15) is 0 Å². The molecule has 0 aromatic heterocycles. The van der Waals surface area contributed by atoms with E-state index in [2.05, 4.69) is 6.92 Å². The number of nitro benzene ring substituents is 2. The zero-order chi connectivity index (χ0) is 15.3. The number of hydrogen-bond acceptors (Lipinski definition) is 5. The van der Waals surface area contributed by atoms with Crippen LogP contribution in [0.3, 0.4) is 0 Å². The van der Waals surface area contributed by atoms with Crippen LogP contribution in [-0.2, 0) is 0 Å². The summed E-state index contributed by atoms with van der Waals surface area (Å²) in [5, 5.41) is 31.6. The average molecular weight is 282 g/mol. The van der Waals surface area contributed by atoms with Crippen LogP contribution < -0.4 is 0 Å². The molecule has 0 aliphatic carbocycles. The Kier molecular flexibility index (Phi) is 5.42. The molecule has 110 valence electrons. The van der Waals surface area contributed by atoms with Crippen LogP contribution in [-0.4, -0.2) is 15.0 Å². The second kappa shape index (κ2) is 6.83. The second-order valence-corrected chi connectivity index (χ2v) is 4.81. The lowest BCUT2D eigenvalue weighted by Crippen LogP contribution is -2.00. The van der Waals surface area contributed by atoms with Gasteiger partial charge in [-0.3, -0.25) is 20.2 Å². The number of nitro groups is 2. The monoisotopic (exact) mass is 282 g/mol. The van der Waals surface area contributed by atoms with Gasteiger partial charge < -0.3 is 5.11 Å². The first kappa shape index (κ1) is 15.9. The molecule has 1 aromatic rings. The fourth-order valence-electron chi connectivity index (χ4n) is 2.10. The van der Waals surface area contributed by atoms with Crippen LogP contribution in [0.15, 0.2) is 12.1 Å². The summed E-state index contributed by atoms with van der Waals surface area (Å²) in [4.78, 5) is 20.2. The van der Waals surface area contributed by atoms with Gasteiger partial charge in [-0.15, -0.1) is 0 Å². The maximum absolute atomic E-state index is 10.9. The summed E-state index contributed by atoms with van der Waals surface area (Å²) in [6.07, 6.45) is 3.68. The summed E-state index contributed by atoms with van der Waals surface area (Å²) in [7, 11) is 0. The highest BCUT2D eigenvalue weighted by Gasteiger charge is 2.25. The second-order valence-electron chi connectivity index (χ2n) is 4.81. The van der Waals surface area contributed by atoms with Gasteiger partial charge in [-0.25, -0.2) is 0 Å². The Balaban J connectivity index is 3.16. The van der Waals surface area contributed by atoms with Crippen molar-refractivity contribution in [1.82, 2.24) is 0 Å². The summed E-state index contributed by atoms with van der Waals surface area (Å²) in [5.41, 5.74) is -0.717. The number of rotatable bonds is 7. The molecule has 7 heteroatoms. The Morgan fingerprint density at radius 1 is 1.20 bits per heavy atom. The highest BCUT2D eigenvalue weighted by molar-refractivity contribution is 5.58. The van der Waals surface area contributed by atoms with Crippen molar-refractivity contribution in [2.45, 2.75) is 45.4 Å². The van der Waals surface area contributed by atoms with E-state index in [1.165, 1.54) is 6.07 Å². The van der Waals surface area contributed by atoms with Crippen LogP contribution in [0.4, 0.5) is 11.4 Å². The molecule has 20 heavy (non-hydrogen) atoms. The number of unbranched alkanes of at least 4 members (excludes halogenated alkanes) is 2. The van der Waals surface area contributed by atoms with Crippen LogP contribution in [0.25, 0.3) is 0 Å². The van der Waals surface area contributed by atoms with Gasteiger partial charge in [-0.05, 0) is 12.3 Å². The molecule has 1 N–H and O–H groups in total. The Morgan fingerprint density at radius 2 is 1.85 bits per heavy atom. The number of phenolic OH excluding ortho intramolecular Hbond substituents is 1. The van der Waals surface area contributed by atoms with E-state index in [1.54, 1.807) is 6.92 Å². The summed E-state index contributed by atoms with van der Waals surface area (Å²) in [6, 6.07) is 2.01. The highest BCUT2D eigenvalue weighted by atomic mass is 16.6. The molecule has 1 atom stereocenters. The molecule has 0 saturated carbocycles. The number of non-ortho nitro benzene ring substituents is 1. The van der Waals surface area contributed by atoms with Crippen LogP contribution in [0, 0.1) is 20.2 Å². The fraction of sp³-hybridized carbons (Fsp3) is 0.538. The fourth-order valence-corrected chi connectivity index (χ4v) is 2.10. The SMILES string of the molecule is CCCCC[C@H](C)c1cc([N+](=O)[O-])cc([N+](=O)[O-])c1O. The molecule has 0 aliphatic heterocycles. The van der Waals surface area contributed by atoms with Crippen molar-refractivity contribution in [2.24, 2.45) is 0 Å². The maximum atomic E-state index is 10.9. The Morgan fingerprint density at radius 3 is 2.35 bits per heavy atom. The molecule has 0 saturated heterocycles. The number of hydrogen-bond donors (Lipinski definition) is 1. The molecule has 0 aliphatic rings. The van der Waals surface area contributed by atoms with Crippen molar-refractivity contribution >= 4 is 11.4 Å². The quantitative estimate of drug-likeness (QED) is 0.463. The number of nitrogens with zero attached hydrogens (tertiary/aromatic N) is 2. The Hall–Kier alpha value is -2.18. The van der Waals surface area contributed by atoms with E-state index in [0.29, 0.717) is 0 Å². The molecular weight excluding hydrogens is 264 g/mol. The van der Waals surface area contributed by atoms with E-state index < -0.39 is 21.3 Å². The molecular formula is C13H18N2O5. The van der Waals surface area contributed by atoms with E-state index in [1.807, 2.05) is 0 Å². The van der Waals surface area contributed by atoms with Gasteiger partial charge in [0.1, 0.15) is 0 Å². The van der Waals surface area contributed by atoms with Crippen molar-refractivity contribution in [3.63, 3.8) is 0 Å². The summed E-state index contributed by atoms with van der Waals surface area (Å²) >= 11 is 0. The van der Waals surface area contributed by atoms with E-state index in [0.717, 1.165) is 31.7 Å². The van der Waals surface area contributed by atoms with Crippen molar-refractivity contribution in [3.8, 4) is 5.75 Å². The first-order valence-electron chi connectivity index (χ1n) is 6.54. The van der Waals surface area contributed by atoms with Gasteiger partial charge in [-0.1, -0.05) is 33.1 Å². The van der Waals surface area contributed by atoms with E-state index in [-0.39, 0.29) is 17.2 Å². The smallest absolute Gasteiger partial charge is 0.317 e. The van der Waals surface area contributed by atoms with E-state index in [9.17, 15) is 25.3 Å². The topological polar surface area (TPSA) is 107 Å². The molecule has 0 spiro atoms. The minimum absolute atomic E-state index is 0.167. The lowest BCUT2D eigenvalue weighted by Gasteiger charge is -2.13. The number of phenols is 1. The minimum atomic E-state index is -0.801. The van der Waals surface area contributed by atoms with Gasteiger partial charge in [0.05, 0.1) is 15.9 Å². The molecule has 0 heterocycles. The van der Waals surface area contributed by atoms with Crippen molar-refractivity contribution < 1.29 is 15.0 Å². The number of aromatic hydroxyl groups is 1. The third-order valence-corrected chi connectivity index (χ3v) is 3.28. The standard InChI is InChI=1S/C13H18N2O5/c1-3-4-5-6-9(2)11-7-10(14(17)18)8-12(13(11)16)15(19)20/h7-9,16H,3-6H2,1-2H3/t9-/m0/s1. The van der Waals surface area contributed by atoms with E-state index in [4.69, 9.17) is 0 Å². The molecule has 1 rings (SSSR count). The normalized spacial score (nSPS) is 12.1. The average Bonchev–Trinajstić information content (AvgIpc) is 2.38. The third-order valence-electron chi connectivity index (χ3n) is 3.28. The van der Waals surface area contributed by atoms with Crippen LogP contribution >= 0.6 is 0 Å². The first-order valence-corrected chi connectivity index (χ1v) is 6.54. The molecule has 0 unspecified atom stereocenters. The van der Waals surface area contributed by atoms with Crippen molar-refractivity contribution in [3.05, 3.63) is 37.9 Å². The molecule has 0 fully saturated rings. The van der Waals surface area contributed by atoms with Gasteiger partial charge >= 0.3 is 5.69 Å². The highest BCUT2D eigenvalue weighted by Crippen LogP contribution is 2.39. The van der Waals surface area contributed by atoms with Crippen LogP contribution in [0.5, 0.6) is 5.75 Å². The largest absolute Gasteiger partial charge is 0.502 e. The summed E-state index contributed by atoms with van der Waals surface area (Å²) < 4.78 is 0.